The molecule has 0 aliphatic rings. The Morgan fingerprint density at radius 3 is 2.90 bits per heavy atom. The van der Waals surface area contributed by atoms with Crippen LogP contribution in [-0.4, -0.2) is 17.4 Å². The molecule has 0 spiro atoms. The molecule has 1 N–H and O–H groups in total. The van der Waals surface area contributed by atoms with Crippen molar-refractivity contribution in [2.24, 2.45) is 0 Å². The number of nitrogens with zero attached hydrogens (tertiary/aromatic N) is 1. The van der Waals surface area contributed by atoms with Gasteiger partial charge in [0.05, 0.1) is 10.4 Å². The maximum absolute atomic E-state index is 11.8. The summed E-state index contributed by atoms with van der Waals surface area (Å²) in [6.07, 6.45) is 2.58. The first-order valence-electron chi connectivity index (χ1n) is 6.49. The quantitative estimate of drug-likeness (QED) is 0.798. The van der Waals surface area contributed by atoms with E-state index in [9.17, 15) is 4.79 Å². The largest absolute Gasteiger partial charge is 0.351 e. The summed E-state index contributed by atoms with van der Waals surface area (Å²) in [5, 5.41) is 5.98. The summed E-state index contributed by atoms with van der Waals surface area (Å²) in [4.78, 5) is 17.0. The van der Waals surface area contributed by atoms with Gasteiger partial charge in [-0.05, 0) is 29.5 Å². The van der Waals surface area contributed by atoms with Gasteiger partial charge in [0, 0.05) is 18.1 Å². The van der Waals surface area contributed by atoms with Crippen molar-refractivity contribution in [3.63, 3.8) is 0 Å². The smallest absolute Gasteiger partial charge is 0.261 e. The molecule has 3 rings (SSSR count). The summed E-state index contributed by atoms with van der Waals surface area (Å²) < 4.78 is 0. The van der Waals surface area contributed by atoms with E-state index >= 15 is 0 Å². The summed E-state index contributed by atoms with van der Waals surface area (Å²) in [6.45, 7) is 0.617. The number of amides is 1. The first kappa shape index (κ1) is 12.8. The van der Waals surface area contributed by atoms with Crippen LogP contribution in [0.15, 0.2) is 54.0 Å². The van der Waals surface area contributed by atoms with Crippen molar-refractivity contribution in [1.82, 2.24) is 10.3 Å². The van der Waals surface area contributed by atoms with E-state index in [2.05, 4.69) is 28.5 Å². The summed E-state index contributed by atoms with van der Waals surface area (Å²) in [5.74, 6) is -0.00630. The predicted molar refractivity (Wildman–Crippen MR) is 82.1 cm³/mol. The molecule has 100 valence electrons. The molecule has 0 unspecified atom stereocenters. The fourth-order valence-electron chi connectivity index (χ4n) is 2.17. The van der Waals surface area contributed by atoms with Gasteiger partial charge in [-0.15, -0.1) is 11.3 Å². The van der Waals surface area contributed by atoms with E-state index in [-0.39, 0.29) is 5.91 Å². The molecule has 20 heavy (non-hydrogen) atoms. The van der Waals surface area contributed by atoms with Gasteiger partial charge < -0.3 is 5.32 Å². The highest BCUT2D eigenvalue weighted by Gasteiger charge is 2.06. The second-order valence-electron chi connectivity index (χ2n) is 4.48. The average Bonchev–Trinajstić information content (AvgIpc) is 3.02. The Kier molecular flexibility index (Phi) is 3.74. The van der Waals surface area contributed by atoms with E-state index < -0.39 is 0 Å². The molecule has 0 fully saturated rings. The number of para-hydroxylation sites is 1. The molecule has 4 heteroatoms. The van der Waals surface area contributed by atoms with Crippen molar-refractivity contribution in [2.45, 2.75) is 6.42 Å². The van der Waals surface area contributed by atoms with Crippen molar-refractivity contribution < 1.29 is 4.79 Å². The van der Waals surface area contributed by atoms with Crippen LogP contribution in [0.3, 0.4) is 0 Å². The van der Waals surface area contributed by atoms with E-state index in [4.69, 9.17) is 0 Å². The normalized spacial score (nSPS) is 10.6. The van der Waals surface area contributed by atoms with E-state index in [1.54, 1.807) is 6.20 Å². The summed E-state index contributed by atoms with van der Waals surface area (Å²) >= 11 is 1.46. The standard InChI is InChI=1S/C16H14N2OS/c19-16(14-7-3-11-20-14)18-10-8-13-5-1-4-12-6-2-9-17-15(12)13/h1-7,9,11H,8,10H2,(H,18,19). The lowest BCUT2D eigenvalue weighted by molar-refractivity contribution is 0.0958. The lowest BCUT2D eigenvalue weighted by Crippen LogP contribution is -2.24. The van der Waals surface area contributed by atoms with E-state index in [1.165, 1.54) is 11.3 Å². The highest BCUT2D eigenvalue weighted by Crippen LogP contribution is 2.16. The number of aromatic nitrogens is 1. The monoisotopic (exact) mass is 282 g/mol. The lowest BCUT2D eigenvalue weighted by Gasteiger charge is -2.06. The van der Waals surface area contributed by atoms with Crippen LogP contribution in [0.5, 0.6) is 0 Å². The van der Waals surface area contributed by atoms with Gasteiger partial charge in [0.2, 0.25) is 0 Å². The van der Waals surface area contributed by atoms with Crippen LogP contribution in [0.1, 0.15) is 15.2 Å². The zero-order valence-electron chi connectivity index (χ0n) is 10.9. The Morgan fingerprint density at radius 1 is 1.15 bits per heavy atom. The lowest BCUT2D eigenvalue weighted by atomic mass is 10.1. The number of carbonyl (C=O) groups excluding carboxylic acids is 1. The van der Waals surface area contributed by atoms with Crippen LogP contribution in [0.25, 0.3) is 10.9 Å². The Labute approximate surface area is 121 Å². The third-order valence-corrected chi connectivity index (χ3v) is 4.01. The van der Waals surface area contributed by atoms with Gasteiger partial charge >= 0.3 is 0 Å². The highest BCUT2D eigenvalue weighted by molar-refractivity contribution is 7.12. The molecule has 0 aliphatic heterocycles. The first-order valence-corrected chi connectivity index (χ1v) is 7.37. The minimum Gasteiger partial charge on any atom is -0.351 e. The predicted octanol–water partition coefficient (Wildman–Crippen LogP) is 3.27. The Bertz CT molecular complexity index is 717. The van der Waals surface area contributed by atoms with Crippen LogP contribution in [0.2, 0.25) is 0 Å². The zero-order chi connectivity index (χ0) is 13.8. The summed E-state index contributed by atoms with van der Waals surface area (Å²) in [7, 11) is 0. The van der Waals surface area contributed by atoms with E-state index in [1.807, 2.05) is 29.6 Å². The second-order valence-corrected chi connectivity index (χ2v) is 5.42. The number of benzene rings is 1. The molecular formula is C16H14N2OS. The number of fused-ring (bicyclic) bond motifs is 1. The minimum absolute atomic E-state index is 0.00630. The summed E-state index contributed by atoms with van der Waals surface area (Å²) in [5.41, 5.74) is 2.18. The number of pyridine rings is 1. The maximum atomic E-state index is 11.8. The average molecular weight is 282 g/mol. The molecule has 1 amide bonds. The molecule has 1 aromatic carbocycles. The van der Waals surface area contributed by atoms with Crippen molar-refractivity contribution in [3.05, 3.63) is 64.5 Å². The van der Waals surface area contributed by atoms with Crippen molar-refractivity contribution in [3.8, 4) is 0 Å². The van der Waals surface area contributed by atoms with Gasteiger partial charge in [0.1, 0.15) is 0 Å². The van der Waals surface area contributed by atoms with Gasteiger partial charge in [-0.25, -0.2) is 0 Å². The third kappa shape index (κ3) is 2.70. The molecule has 3 nitrogen and oxygen atoms in total. The van der Waals surface area contributed by atoms with Crippen LogP contribution >= 0.6 is 11.3 Å². The molecule has 0 aliphatic carbocycles. The number of rotatable bonds is 4. The van der Waals surface area contributed by atoms with Gasteiger partial charge in [-0.2, -0.15) is 0 Å². The van der Waals surface area contributed by atoms with Crippen LogP contribution in [-0.2, 0) is 6.42 Å². The zero-order valence-corrected chi connectivity index (χ0v) is 11.7. The number of carbonyl (C=O) groups is 1. The topological polar surface area (TPSA) is 42.0 Å². The van der Waals surface area contributed by atoms with Crippen molar-refractivity contribution >= 4 is 28.1 Å². The third-order valence-electron chi connectivity index (χ3n) is 3.14. The molecule has 2 heterocycles. The fraction of sp³-hybridized carbons (Fsp3) is 0.125. The number of nitrogens with one attached hydrogen (secondary N) is 1. The highest BCUT2D eigenvalue weighted by atomic mass is 32.1. The van der Waals surface area contributed by atoms with Crippen molar-refractivity contribution in [1.29, 1.82) is 0 Å². The van der Waals surface area contributed by atoms with Gasteiger partial charge in [0.15, 0.2) is 0 Å². The Morgan fingerprint density at radius 2 is 2.05 bits per heavy atom. The summed E-state index contributed by atoms with van der Waals surface area (Å²) in [6, 6.07) is 13.8. The van der Waals surface area contributed by atoms with Gasteiger partial charge in [-0.3, -0.25) is 9.78 Å². The van der Waals surface area contributed by atoms with E-state index in [0.717, 1.165) is 27.8 Å². The molecule has 0 radical (unpaired) electrons. The SMILES string of the molecule is O=C(NCCc1cccc2cccnc12)c1cccs1. The second kappa shape index (κ2) is 5.84. The van der Waals surface area contributed by atoms with Crippen molar-refractivity contribution in [2.75, 3.05) is 6.54 Å². The number of hydrogen-bond acceptors (Lipinski definition) is 3. The first-order chi connectivity index (χ1) is 9.84. The number of hydrogen-bond donors (Lipinski definition) is 1. The van der Waals surface area contributed by atoms with Gasteiger partial charge in [-0.1, -0.05) is 30.3 Å². The van der Waals surface area contributed by atoms with E-state index in [0.29, 0.717) is 6.54 Å². The molecule has 2 aromatic heterocycles. The molecular weight excluding hydrogens is 268 g/mol. The molecule has 3 aromatic rings. The number of thiophene rings is 1. The molecule has 0 atom stereocenters. The Hall–Kier alpha value is -2.20. The fourth-order valence-corrected chi connectivity index (χ4v) is 2.81. The molecule has 0 bridgehead atoms. The maximum Gasteiger partial charge on any atom is 0.261 e. The van der Waals surface area contributed by atoms with Crippen LogP contribution in [0.4, 0.5) is 0 Å². The van der Waals surface area contributed by atoms with Crippen LogP contribution in [0, 0.1) is 0 Å². The van der Waals surface area contributed by atoms with Gasteiger partial charge in [0.25, 0.3) is 5.91 Å². The minimum atomic E-state index is -0.00630. The van der Waals surface area contributed by atoms with Crippen LogP contribution < -0.4 is 5.32 Å². The molecule has 0 saturated heterocycles. The Balaban J connectivity index is 1.67. The molecule has 0 saturated carbocycles.